The standard InChI is InChI=1S/C18H26/c1-7-8-9-14(2)15(3)16-10-12-17(13-11-16)18(4,5)6/h10-15H,7H2,1-6H3. The van der Waals surface area contributed by atoms with Crippen LogP contribution < -0.4 is 0 Å². The molecule has 0 N–H and O–H groups in total. The predicted octanol–water partition coefficient (Wildman–Crippen LogP) is 5.14. The molecule has 18 heavy (non-hydrogen) atoms. The van der Waals surface area contributed by atoms with Crippen LogP contribution in [-0.2, 0) is 5.41 Å². The topological polar surface area (TPSA) is 0 Å². The largest absolute Gasteiger partial charge is 0.103 e. The van der Waals surface area contributed by atoms with E-state index in [0.717, 1.165) is 6.42 Å². The van der Waals surface area contributed by atoms with Crippen LogP contribution in [0.5, 0.6) is 0 Å². The molecule has 0 aromatic heterocycles. The average molecular weight is 242 g/mol. The molecule has 0 radical (unpaired) electrons. The zero-order valence-electron chi connectivity index (χ0n) is 12.7. The Bertz CT molecular complexity index is 420. The van der Waals surface area contributed by atoms with Crippen molar-refractivity contribution >= 4 is 0 Å². The Balaban J connectivity index is 2.85. The van der Waals surface area contributed by atoms with E-state index in [1.807, 2.05) is 0 Å². The number of hydrogen-bond donors (Lipinski definition) is 0. The van der Waals surface area contributed by atoms with Crippen molar-refractivity contribution in [2.45, 2.75) is 59.3 Å². The van der Waals surface area contributed by atoms with E-state index in [1.54, 1.807) is 0 Å². The highest BCUT2D eigenvalue weighted by Crippen LogP contribution is 2.27. The normalized spacial score (nSPS) is 14.6. The van der Waals surface area contributed by atoms with Gasteiger partial charge in [0, 0.05) is 12.3 Å². The van der Waals surface area contributed by atoms with Gasteiger partial charge < -0.3 is 0 Å². The molecule has 0 aliphatic carbocycles. The summed E-state index contributed by atoms with van der Waals surface area (Å²) >= 11 is 0. The van der Waals surface area contributed by atoms with Gasteiger partial charge in [-0.3, -0.25) is 0 Å². The molecule has 1 aromatic carbocycles. The maximum atomic E-state index is 3.33. The lowest BCUT2D eigenvalue weighted by Crippen LogP contribution is -2.11. The molecule has 0 saturated heterocycles. The molecule has 0 amide bonds. The minimum atomic E-state index is 0.232. The minimum Gasteiger partial charge on any atom is -0.103 e. The van der Waals surface area contributed by atoms with Crippen molar-refractivity contribution in [3.05, 3.63) is 35.4 Å². The average Bonchev–Trinajstić information content (AvgIpc) is 2.34. The molecule has 1 rings (SSSR count). The first-order chi connectivity index (χ1) is 8.36. The summed E-state index contributed by atoms with van der Waals surface area (Å²) in [6.45, 7) is 13.3. The van der Waals surface area contributed by atoms with E-state index in [2.05, 4.69) is 77.6 Å². The Morgan fingerprint density at radius 2 is 1.61 bits per heavy atom. The summed E-state index contributed by atoms with van der Waals surface area (Å²) in [4.78, 5) is 0. The van der Waals surface area contributed by atoms with Crippen LogP contribution in [0, 0.1) is 17.8 Å². The minimum absolute atomic E-state index is 0.232. The van der Waals surface area contributed by atoms with Crippen LogP contribution in [0.3, 0.4) is 0 Å². The number of hydrogen-bond acceptors (Lipinski definition) is 0. The van der Waals surface area contributed by atoms with E-state index in [0.29, 0.717) is 11.8 Å². The summed E-state index contributed by atoms with van der Waals surface area (Å²) in [6.07, 6.45) is 0.944. The molecule has 1 aromatic rings. The predicted molar refractivity (Wildman–Crippen MR) is 80.8 cm³/mol. The fourth-order valence-corrected chi connectivity index (χ4v) is 1.96. The van der Waals surface area contributed by atoms with Gasteiger partial charge in [-0.05, 0) is 22.5 Å². The Labute approximate surface area is 113 Å². The number of rotatable bonds is 2. The summed E-state index contributed by atoms with van der Waals surface area (Å²) in [7, 11) is 0. The Morgan fingerprint density at radius 1 is 1.06 bits per heavy atom. The second kappa shape index (κ2) is 6.10. The van der Waals surface area contributed by atoms with E-state index < -0.39 is 0 Å². The quantitative estimate of drug-likeness (QED) is 0.630. The Hall–Kier alpha value is -1.22. The van der Waals surface area contributed by atoms with E-state index in [4.69, 9.17) is 0 Å². The second-order valence-electron chi connectivity index (χ2n) is 6.12. The number of benzene rings is 1. The van der Waals surface area contributed by atoms with E-state index >= 15 is 0 Å². The summed E-state index contributed by atoms with van der Waals surface area (Å²) < 4.78 is 0. The third-order valence-corrected chi connectivity index (χ3v) is 3.56. The van der Waals surface area contributed by atoms with Gasteiger partial charge in [0.1, 0.15) is 0 Å². The van der Waals surface area contributed by atoms with Crippen LogP contribution in [-0.4, -0.2) is 0 Å². The van der Waals surface area contributed by atoms with Gasteiger partial charge in [-0.25, -0.2) is 0 Å². The van der Waals surface area contributed by atoms with Crippen LogP contribution in [0.4, 0.5) is 0 Å². The van der Waals surface area contributed by atoms with Crippen LogP contribution in [0.25, 0.3) is 0 Å². The van der Waals surface area contributed by atoms with Crippen molar-refractivity contribution in [3.8, 4) is 11.8 Å². The van der Waals surface area contributed by atoms with Gasteiger partial charge in [-0.15, -0.1) is 5.92 Å². The molecular weight excluding hydrogens is 216 g/mol. The molecular formula is C18H26. The summed E-state index contributed by atoms with van der Waals surface area (Å²) in [5.74, 6) is 7.43. The van der Waals surface area contributed by atoms with Crippen LogP contribution in [0.2, 0.25) is 0 Å². The van der Waals surface area contributed by atoms with Gasteiger partial charge in [-0.2, -0.15) is 0 Å². The van der Waals surface area contributed by atoms with Crippen molar-refractivity contribution in [1.82, 2.24) is 0 Å². The van der Waals surface area contributed by atoms with Gasteiger partial charge in [0.2, 0.25) is 0 Å². The first kappa shape index (κ1) is 14.8. The van der Waals surface area contributed by atoms with Crippen molar-refractivity contribution in [1.29, 1.82) is 0 Å². The van der Waals surface area contributed by atoms with Crippen molar-refractivity contribution in [3.63, 3.8) is 0 Å². The summed E-state index contributed by atoms with van der Waals surface area (Å²) in [5, 5.41) is 0. The van der Waals surface area contributed by atoms with Gasteiger partial charge in [0.05, 0.1) is 0 Å². The molecule has 2 atom stereocenters. The molecule has 0 heteroatoms. The zero-order chi connectivity index (χ0) is 13.8. The molecule has 0 bridgehead atoms. The van der Waals surface area contributed by atoms with Crippen molar-refractivity contribution < 1.29 is 0 Å². The smallest absolute Gasteiger partial charge is 0.0240 e. The third-order valence-electron chi connectivity index (χ3n) is 3.56. The molecule has 0 aliphatic rings. The molecule has 98 valence electrons. The molecule has 0 heterocycles. The highest BCUT2D eigenvalue weighted by atomic mass is 14.2. The maximum Gasteiger partial charge on any atom is 0.0240 e. The van der Waals surface area contributed by atoms with Crippen LogP contribution >= 0.6 is 0 Å². The van der Waals surface area contributed by atoms with Gasteiger partial charge >= 0.3 is 0 Å². The van der Waals surface area contributed by atoms with Gasteiger partial charge in [-0.1, -0.05) is 71.7 Å². The molecule has 0 nitrogen and oxygen atoms in total. The fourth-order valence-electron chi connectivity index (χ4n) is 1.96. The first-order valence-electron chi connectivity index (χ1n) is 6.95. The Kier molecular flexibility index (Phi) is 5.03. The van der Waals surface area contributed by atoms with Crippen molar-refractivity contribution in [2.24, 2.45) is 5.92 Å². The zero-order valence-corrected chi connectivity index (χ0v) is 12.7. The molecule has 2 unspecified atom stereocenters. The monoisotopic (exact) mass is 242 g/mol. The molecule has 0 spiro atoms. The highest BCUT2D eigenvalue weighted by Gasteiger charge is 2.15. The van der Waals surface area contributed by atoms with Gasteiger partial charge in [0.15, 0.2) is 0 Å². The van der Waals surface area contributed by atoms with E-state index in [-0.39, 0.29) is 5.41 Å². The van der Waals surface area contributed by atoms with E-state index in [9.17, 15) is 0 Å². The molecule has 0 fully saturated rings. The van der Waals surface area contributed by atoms with Crippen molar-refractivity contribution in [2.75, 3.05) is 0 Å². The van der Waals surface area contributed by atoms with Crippen LogP contribution in [0.1, 0.15) is 65.0 Å². The van der Waals surface area contributed by atoms with Gasteiger partial charge in [0.25, 0.3) is 0 Å². The lowest BCUT2D eigenvalue weighted by Gasteiger charge is -2.21. The molecule has 0 saturated carbocycles. The molecule has 0 aliphatic heterocycles. The fraction of sp³-hybridized carbons (Fsp3) is 0.556. The summed E-state index contributed by atoms with van der Waals surface area (Å²) in [6, 6.07) is 9.03. The summed E-state index contributed by atoms with van der Waals surface area (Å²) in [5.41, 5.74) is 3.02. The SMILES string of the molecule is CCC#CC(C)C(C)c1ccc(C(C)(C)C)cc1. The van der Waals surface area contributed by atoms with Crippen LogP contribution in [0.15, 0.2) is 24.3 Å². The second-order valence-corrected chi connectivity index (χ2v) is 6.12. The van der Waals surface area contributed by atoms with E-state index in [1.165, 1.54) is 11.1 Å². The Morgan fingerprint density at radius 3 is 2.06 bits per heavy atom. The first-order valence-corrected chi connectivity index (χ1v) is 6.95. The lowest BCUT2D eigenvalue weighted by molar-refractivity contribution is 0.585. The third kappa shape index (κ3) is 3.91. The highest BCUT2D eigenvalue weighted by molar-refractivity contribution is 5.30. The lowest BCUT2D eigenvalue weighted by atomic mass is 9.84. The maximum absolute atomic E-state index is 3.33.